The van der Waals surface area contributed by atoms with Crippen LogP contribution in [0.1, 0.15) is 0 Å². The minimum Gasteiger partial charge on any atom is -0.496 e. The van der Waals surface area contributed by atoms with E-state index in [1.165, 1.54) is 36.0 Å². The van der Waals surface area contributed by atoms with E-state index in [0.29, 0.717) is 22.4 Å². The van der Waals surface area contributed by atoms with Crippen molar-refractivity contribution in [1.29, 1.82) is 0 Å². The van der Waals surface area contributed by atoms with Gasteiger partial charge in [-0.25, -0.2) is 9.37 Å². The number of hydrogen-bond donors (Lipinski definition) is 2. The number of halogens is 1. The number of aromatic amines is 1. The first-order valence-electron chi connectivity index (χ1n) is 7.39. The molecule has 1 heterocycles. The lowest BCUT2D eigenvalue weighted by atomic mass is 10.2. The quantitative estimate of drug-likeness (QED) is 0.661. The Morgan fingerprint density at radius 1 is 1.24 bits per heavy atom. The Bertz CT molecular complexity index is 867. The van der Waals surface area contributed by atoms with Crippen molar-refractivity contribution in [2.75, 3.05) is 18.2 Å². The van der Waals surface area contributed by atoms with Crippen LogP contribution < -0.4 is 10.1 Å². The molecule has 0 unspecified atom stereocenters. The van der Waals surface area contributed by atoms with Crippen LogP contribution in [0.3, 0.4) is 0 Å². The molecule has 8 heteroatoms. The summed E-state index contributed by atoms with van der Waals surface area (Å²) in [5.74, 6) is 0.820. The minimum absolute atomic E-state index is 0.139. The van der Waals surface area contributed by atoms with Crippen LogP contribution in [0.4, 0.5) is 10.1 Å². The average Bonchev–Trinajstić information content (AvgIpc) is 3.11. The molecule has 3 aromatic rings. The fourth-order valence-electron chi connectivity index (χ4n) is 2.13. The van der Waals surface area contributed by atoms with Crippen LogP contribution in [-0.4, -0.2) is 34.0 Å². The predicted octanol–water partition coefficient (Wildman–Crippen LogP) is 3.35. The summed E-state index contributed by atoms with van der Waals surface area (Å²) in [7, 11) is 1.59. The number of ether oxygens (including phenoxy) is 1. The van der Waals surface area contributed by atoms with Gasteiger partial charge in [-0.3, -0.25) is 9.89 Å². The first kappa shape index (κ1) is 17.0. The molecular weight excluding hydrogens is 343 g/mol. The Kier molecular flexibility index (Phi) is 5.30. The maximum absolute atomic E-state index is 12.8. The Hall–Kier alpha value is -2.87. The number of rotatable bonds is 6. The van der Waals surface area contributed by atoms with Gasteiger partial charge in [-0.1, -0.05) is 23.9 Å². The molecule has 0 aliphatic heterocycles. The second kappa shape index (κ2) is 7.80. The molecule has 0 aliphatic carbocycles. The number of benzene rings is 2. The van der Waals surface area contributed by atoms with E-state index in [4.69, 9.17) is 4.74 Å². The summed E-state index contributed by atoms with van der Waals surface area (Å²) >= 11 is 1.20. The van der Waals surface area contributed by atoms with Crippen molar-refractivity contribution in [3.63, 3.8) is 0 Å². The highest BCUT2D eigenvalue weighted by molar-refractivity contribution is 7.99. The SMILES string of the molecule is COc1ccccc1-c1nc(SCC(=O)Nc2ccc(F)cc2)n[nH]1. The lowest BCUT2D eigenvalue weighted by Gasteiger charge is -2.04. The third-order valence-electron chi connectivity index (χ3n) is 3.29. The number of nitrogens with zero attached hydrogens (tertiary/aromatic N) is 2. The molecule has 2 N–H and O–H groups in total. The zero-order chi connectivity index (χ0) is 17.6. The molecule has 0 saturated carbocycles. The molecule has 3 rings (SSSR count). The fraction of sp³-hybridized carbons (Fsp3) is 0.118. The number of carbonyl (C=O) groups is 1. The molecule has 1 aromatic heterocycles. The molecule has 0 radical (unpaired) electrons. The number of anilines is 1. The van der Waals surface area contributed by atoms with Gasteiger partial charge in [0.15, 0.2) is 5.82 Å². The van der Waals surface area contributed by atoms with Crippen LogP contribution in [0.2, 0.25) is 0 Å². The summed E-state index contributed by atoms with van der Waals surface area (Å²) in [6.45, 7) is 0. The monoisotopic (exact) mass is 358 g/mol. The van der Waals surface area contributed by atoms with Gasteiger partial charge >= 0.3 is 0 Å². The summed E-state index contributed by atoms with van der Waals surface area (Å²) in [5.41, 5.74) is 1.33. The molecule has 0 bridgehead atoms. The van der Waals surface area contributed by atoms with Crippen LogP contribution in [0.5, 0.6) is 5.75 Å². The Morgan fingerprint density at radius 3 is 2.76 bits per heavy atom. The molecule has 2 aromatic carbocycles. The summed E-state index contributed by atoms with van der Waals surface area (Å²) in [6, 6.07) is 13.0. The number of methoxy groups -OCH3 is 1. The number of hydrogen-bond acceptors (Lipinski definition) is 5. The van der Waals surface area contributed by atoms with Crippen molar-refractivity contribution in [2.45, 2.75) is 5.16 Å². The first-order chi connectivity index (χ1) is 12.2. The summed E-state index contributed by atoms with van der Waals surface area (Å²) < 4.78 is 18.1. The third kappa shape index (κ3) is 4.36. The number of amides is 1. The topological polar surface area (TPSA) is 79.9 Å². The normalized spacial score (nSPS) is 10.5. The maximum Gasteiger partial charge on any atom is 0.234 e. The second-order valence-corrected chi connectivity index (χ2v) is 5.95. The molecular formula is C17H15FN4O2S. The minimum atomic E-state index is -0.350. The molecule has 6 nitrogen and oxygen atoms in total. The van der Waals surface area contributed by atoms with Gasteiger partial charge in [0.1, 0.15) is 11.6 Å². The lowest BCUT2D eigenvalue weighted by Crippen LogP contribution is -2.14. The number of thioether (sulfide) groups is 1. The summed E-state index contributed by atoms with van der Waals surface area (Å²) in [6.07, 6.45) is 0. The van der Waals surface area contributed by atoms with Gasteiger partial charge in [-0.2, -0.15) is 0 Å². The van der Waals surface area contributed by atoms with Crippen LogP contribution in [0, 0.1) is 5.82 Å². The summed E-state index contributed by atoms with van der Waals surface area (Å²) in [5, 5.41) is 10.1. The van der Waals surface area contributed by atoms with E-state index in [-0.39, 0.29) is 17.5 Å². The van der Waals surface area contributed by atoms with Crippen LogP contribution in [0.15, 0.2) is 53.7 Å². The van der Waals surface area contributed by atoms with Crippen molar-refractivity contribution in [1.82, 2.24) is 15.2 Å². The Morgan fingerprint density at radius 2 is 2.00 bits per heavy atom. The van der Waals surface area contributed by atoms with Gasteiger partial charge in [0, 0.05) is 5.69 Å². The van der Waals surface area contributed by atoms with E-state index < -0.39 is 0 Å². The van der Waals surface area contributed by atoms with Gasteiger partial charge in [0.05, 0.1) is 18.4 Å². The predicted molar refractivity (Wildman–Crippen MR) is 94.1 cm³/mol. The standard InChI is InChI=1S/C17H15FN4O2S/c1-24-14-5-3-2-4-13(14)16-20-17(22-21-16)25-10-15(23)19-12-8-6-11(18)7-9-12/h2-9H,10H2,1H3,(H,19,23)(H,20,21,22). The van der Waals surface area contributed by atoms with Gasteiger partial charge < -0.3 is 10.1 Å². The Balaban J connectivity index is 1.60. The molecule has 0 spiro atoms. The van der Waals surface area contributed by atoms with Gasteiger partial charge in [0.25, 0.3) is 0 Å². The highest BCUT2D eigenvalue weighted by Gasteiger charge is 2.12. The van der Waals surface area contributed by atoms with Crippen molar-refractivity contribution in [3.05, 3.63) is 54.3 Å². The molecule has 1 amide bonds. The van der Waals surface area contributed by atoms with Crippen LogP contribution >= 0.6 is 11.8 Å². The zero-order valence-electron chi connectivity index (χ0n) is 13.3. The van der Waals surface area contributed by atoms with E-state index in [0.717, 1.165) is 5.56 Å². The lowest BCUT2D eigenvalue weighted by molar-refractivity contribution is -0.113. The van der Waals surface area contributed by atoms with Gasteiger partial charge in [0.2, 0.25) is 11.1 Å². The number of aromatic nitrogens is 3. The maximum atomic E-state index is 12.8. The smallest absolute Gasteiger partial charge is 0.234 e. The molecule has 0 fully saturated rings. The third-order valence-corrected chi connectivity index (χ3v) is 4.13. The highest BCUT2D eigenvalue weighted by atomic mass is 32.2. The van der Waals surface area contributed by atoms with Crippen LogP contribution in [0.25, 0.3) is 11.4 Å². The summed E-state index contributed by atoms with van der Waals surface area (Å²) in [4.78, 5) is 16.3. The second-order valence-electron chi connectivity index (χ2n) is 5.01. The van der Waals surface area contributed by atoms with E-state index in [2.05, 4.69) is 20.5 Å². The van der Waals surface area contributed by atoms with E-state index in [9.17, 15) is 9.18 Å². The number of H-pyrrole nitrogens is 1. The van der Waals surface area contributed by atoms with E-state index >= 15 is 0 Å². The van der Waals surface area contributed by atoms with Crippen molar-refractivity contribution in [2.24, 2.45) is 0 Å². The zero-order valence-corrected chi connectivity index (χ0v) is 14.1. The average molecular weight is 358 g/mol. The Labute approximate surface area is 147 Å². The number of carbonyl (C=O) groups excluding carboxylic acids is 1. The highest BCUT2D eigenvalue weighted by Crippen LogP contribution is 2.27. The van der Waals surface area contributed by atoms with Crippen LogP contribution in [-0.2, 0) is 4.79 Å². The molecule has 25 heavy (non-hydrogen) atoms. The van der Waals surface area contributed by atoms with E-state index in [1.54, 1.807) is 7.11 Å². The number of nitrogens with one attached hydrogen (secondary N) is 2. The van der Waals surface area contributed by atoms with Crippen molar-refractivity contribution < 1.29 is 13.9 Å². The largest absolute Gasteiger partial charge is 0.496 e. The number of para-hydroxylation sites is 1. The van der Waals surface area contributed by atoms with Gasteiger partial charge in [-0.15, -0.1) is 5.10 Å². The molecule has 128 valence electrons. The molecule has 0 atom stereocenters. The first-order valence-corrected chi connectivity index (χ1v) is 8.38. The fourth-order valence-corrected chi connectivity index (χ4v) is 2.73. The van der Waals surface area contributed by atoms with Gasteiger partial charge in [-0.05, 0) is 36.4 Å². The molecule has 0 saturated heterocycles. The van der Waals surface area contributed by atoms with Crippen molar-refractivity contribution in [3.8, 4) is 17.1 Å². The molecule has 0 aliphatic rings. The van der Waals surface area contributed by atoms with Crippen molar-refractivity contribution >= 4 is 23.4 Å². The van der Waals surface area contributed by atoms with E-state index in [1.807, 2.05) is 24.3 Å².